The summed E-state index contributed by atoms with van der Waals surface area (Å²) in [5.74, 6) is -1.21. The lowest BCUT2D eigenvalue weighted by Gasteiger charge is -2.31. The Morgan fingerprint density at radius 1 is 1.05 bits per heavy atom. The van der Waals surface area contributed by atoms with E-state index in [0.29, 0.717) is 13.0 Å². The molecule has 2 unspecified atom stereocenters. The van der Waals surface area contributed by atoms with Gasteiger partial charge < -0.3 is 20.2 Å². The number of rotatable bonds is 2. The third-order valence-corrected chi connectivity index (χ3v) is 4.40. The van der Waals surface area contributed by atoms with Crippen LogP contribution >= 0.6 is 0 Å². The Labute approximate surface area is 120 Å². The Balaban J connectivity index is 1.90. The molecule has 114 valence electrons. The molecule has 1 aliphatic heterocycles. The molecule has 2 atom stereocenters. The van der Waals surface area contributed by atoms with Gasteiger partial charge in [-0.05, 0) is 32.9 Å². The summed E-state index contributed by atoms with van der Waals surface area (Å²) in [5, 5.41) is 12.2. The zero-order chi connectivity index (χ0) is 14.5. The lowest BCUT2D eigenvalue weighted by atomic mass is 9.84. The molecular formula is C14H25N3O3. The molecule has 0 radical (unpaired) electrons. The van der Waals surface area contributed by atoms with E-state index in [-0.39, 0.29) is 12.1 Å². The summed E-state index contributed by atoms with van der Waals surface area (Å²) in [4.78, 5) is 27.6. The van der Waals surface area contributed by atoms with E-state index in [1.165, 1.54) is 0 Å². The lowest BCUT2D eigenvalue weighted by molar-refractivity contribution is -0.143. The van der Waals surface area contributed by atoms with Gasteiger partial charge in [-0.1, -0.05) is 12.8 Å². The van der Waals surface area contributed by atoms with Crippen LogP contribution in [-0.2, 0) is 4.79 Å². The first-order chi connectivity index (χ1) is 9.58. The van der Waals surface area contributed by atoms with Crippen LogP contribution in [0.1, 0.15) is 32.1 Å². The van der Waals surface area contributed by atoms with Gasteiger partial charge in [0.25, 0.3) is 0 Å². The highest BCUT2D eigenvalue weighted by Gasteiger charge is 2.32. The summed E-state index contributed by atoms with van der Waals surface area (Å²) in [6.07, 6.45) is 4.35. The summed E-state index contributed by atoms with van der Waals surface area (Å²) in [6.45, 7) is 3.35. The van der Waals surface area contributed by atoms with Crippen molar-refractivity contribution in [3.63, 3.8) is 0 Å². The molecule has 1 saturated heterocycles. The summed E-state index contributed by atoms with van der Waals surface area (Å²) in [5.41, 5.74) is 0. The molecule has 20 heavy (non-hydrogen) atoms. The number of carboxylic acid groups (broad SMARTS) is 1. The van der Waals surface area contributed by atoms with Gasteiger partial charge >= 0.3 is 12.0 Å². The molecule has 0 bridgehead atoms. The van der Waals surface area contributed by atoms with Crippen molar-refractivity contribution in [2.24, 2.45) is 5.92 Å². The van der Waals surface area contributed by atoms with Gasteiger partial charge in [-0.3, -0.25) is 4.79 Å². The van der Waals surface area contributed by atoms with Gasteiger partial charge in [0.05, 0.1) is 5.92 Å². The average Bonchev–Trinajstić information content (AvgIpc) is 2.64. The second-order valence-electron chi connectivity index (χ2n) is 5.93. The summed E-state index contributed by atoms with van der Waals surface area (Å²) in [7, 11) is 2.06. The van der Waals surface area contributed by atoms with Crippen molar-refractivity contribution in [3.8, 4) is 0 Å². The van der Waals surface area contributed by atoms with E-state index in [0.717, 1.165) is 45.3 Å². The van der Waals surface area contributed by atoms with E-state index in [1.54, 1.807) is 0 Å². The predicted molar refractivity (Wildman–Crippen MR) is 75.6 cm³/mol. The van der Waals surface area contributed by atoms with Gasteiger partial charge in [0.15, 0.2) is 0 Å². The van der Waals surface area contributed by atoms with E-state index in [9.17, 15) is 14.7 Å². The number of hydrogen-bond acceptors (Lipinski definition) is 3. The first kappa shape index (κ1) is 15.1. The molecule has 6 heteroatoms. The number of carbonyl (C=O) groups excluding carboxylic acids is 1. The van der Waals surface area contributed by atoms with Crippen molar-refractivity contribution >= 4 is 12.0 Å². The third kappa shape index (κ3) is 3.85. The molecule has 2 fully saturated rings. The van der Waals surface area contributed by atoms with Crippen LogP contribution in [0, 0.1) is 5.92 Å². The SMILES string of the molecule is CN1CCCN(C(=O)NC2CCCCC2C(=O)O)CC1. The zero-order valence-corrected chi connectivity index (χ0v) is 12.2. The minimum Gasteiger partial charge on any atom is -0.481 e. The minimum atomic E-state index is -0.786. The molecule has 0 aromatic heterocycles. The highest BCUT2D eigenvalue weighted by atomic mass is 16.4. The van der Waals surface area contributed by atoms with Gasteiger partial charge in [-0.15, -0.1) is 0 Å². The van der Waals surface area contributed by atoms with E-state index < -0.39 is 11.9 Å². The van der Waals surface area contributed by atoms with E-state index in [4.69, 9.17) is 0 Å². The largest absolute Gasteiger partial charge is 0.481 e. The quantitative estimate of drug-likeness (QED) is 0.792. The van der Waals surface area contributed by atoms with Crippen molar-refractivity contribution in [1.29, 1.82) is 0 Å². The number of likely N-dealkylation sites (N-methyl/N-ethyl adjacent to an activating group) is 1. The van der Waals surface area contributed by atoms with Crippen LogP contribution in [0.5, 0.6) is 0 Å². The Hall–Kier alpha value is -1.30. The summed E-state index contributed by atoms with van der Waals surface area (Å²) < 4.78 is 0. The molecule has 2 aliphatic rings. The number of carbonyl (C=O) groups is 2. The van der Waals surface area contributed by atoms with Crippen molar-refractivity contribution in [2.75, 3.05) is 33.2 Å². The molecule has 6 nitrogen and oxygen atoms in total. The highest BCUT2D eigenvalue weighted by Crippen LogP contribution is 2.24. The van der Waals surface area contributed by atoms with Crippen molar-refractivity contribution < 1.29 is 14.7 Å². The third-order valence-electron chi connectivity index (χ3n) is 4.40. The van der Waals surface area contributed by atoms with Crippen molar-refractivity contribution in [1.82, 2.24) is 15.1 Å². The molecule has 0 aromatic carbocycles. The lowest BCUT2D eigenvalue weighted by Crippen LogP contribution is -2.50. The molecule has 1 saturated carbocycles. The maximum Gasteiger partial charge on any atom is 0.317 e. The van der Waals surface area contributed by atoms with Gasteiger partial charge in [-0.25, -0.2) is 4.79 Å². The molecule has 0 spiro atoms. The highest BCUT2D eigenvalue weighted by molar-refractivity contribution is 5.77. The van der Waals surface area contributed by atoms with Gasteiger partial charge in [0.1, 0.15) is 0 Å². The summed E-state index contributed by atoms with van der Waals surface area (Å²) in [6, 6.07) is -0.312. The monoisotopic (exact) mass is 283 g/mol. The standard InChI is InChI=1S/C14H25N3O3/c1-16-7-4-8-17(10-9-16)14(20)15-12-6-3-2-5-11(12)13(18)19/h11-12H,2-10H2,1H3,(H,15,20)(H,18,19). The number of aliphatic carboxylic acids is 1. The van der Waals surface area contributed by atoms with Crippen molar-refractivity contribution in [2.45, 2.75) is 38.1 Å². The van der Waals surface area contributed by atoms with Gasteiger partial charge in [0, 0.05) is 25.7 Å². The number of carboxylic acids is 1. The van der Waals surface area contributed by atoms with Crippen LogP contribution in [0.15, 0.2) is 0 Å². The average molecular weight is 283 g/mol. The van der Waals surface area contributed by atoms with Crippen LogP contribution in [0.25, 0.3) is 0 Å². The second kappa shape index (κ2) is 6.92. The van der Waals surface area contributed by atoms with Crippen molar-refractivity contribution in [3.05, 3.63) is 0 Å². The maximum absolute atomic E-state index is 12.3. The zero-order valence-electron chi connectivity index (χ0n) is 12.2. The first-order valence-corrected chi connectivity index (χ1v) is 7.54. The maximum atomic E-state index is 12.3. The van der Waals surface area contributed by atoms with E-state index >= 15 is 0 Å². The van der Waals surface area contributed by atoms with Crippen LogP contribution in [0.3, 0.4) is 0 Å². The molecule has 2 N–H and O–H groups in total. The van der Waals surface area contributed by atoms with Crippen LogP contribution < -0.4 is 5.32 Å². The Morgan fingerprint density at radius 3 is 2.55 bits per heavy atom. The minimum absolute atomic E-state index is 0.0987. The van der Waals surface area contributed by atoms with E-state index in [2.05, 4.69) is 17.3 Å². The summed E-state index contributed by atoms with van der Waals surface area (Å²) >= 11 is 0. The number of amides is 2. The number of nitrogens with zero attached hydrogens (tertiary/aromatic N) is 2. The van der Waals surface area contributed by atoms with E-state index in [1.807, 2.05) is 4.90 Å². The fourth-order valence-electron chi connectivity index (χ4n) is 3.10. The fraction of sp³-hybridized carbons (Fsp3) is 0.857. The Morgan fingerprint density at radius 2 is 1.80 bits per heavy atom. The Kier molecular flexibility index (Phi) is 5.23. The predicted octanol–water partition coefficient (Wildman–Crippen LogP) is 0.977. The van der Waals surface area contributed by atoms with Crippen LogP contribution in [0.4, 0.5) is 4.79 Å². The van der Waals surface area contributed by atoms with Crippen LogP contribution in [0.2, 0.25) is 0 Å². The smallest absolute Gasteiger partial charge is 0.317 e. The Bertz CT molecular complexity index is 362. The normalized spacial score (nSPS) is 28.8. The number of urea groups is 1. The van der Waals surface area contributed by atoms with Gasteiger partial charge in [0.2, 0.25) is 0 Å². The molecule has 2 rings (SSSR count). The molecule has 1 aliphatic carbocycles. The molecular weight excluding hydrogens is 258 g/mol. The number of hydrogen-bond donors (Lipinski definition) is 2. The van der Waals surface area contributed by atoms with Gasteiger partial charge in [-0.2, -0.15) is 0 Å². The molecule has 1 heterocycles. The first-order valence-electron chi connectivity index (χ1n) is 7.54. The fourth-order valence-corrected chi connectivity index (χ4v) is 3.10. The molecule has 2 amide bonds. The van der Waals surface area contributed by atoms with Crippen LogP contribution in [-0.4, -0.2) is 66.2 Å². The number of nitrogens with one attached hydrogen (secondary N) is 1. The molecule has 0 aromatic rings. The second-order valence-corrected chi connectivity index (χ2v) is 5.93. The topological polar surface area (TPSA) is 72.9 Å².